The predicted octanol–water partition coefficient (Wildman–Crippen LogP) is -0.375. The second-order valence-electron chi connectivity index (χ2n) is 18.1. The molecule has 21 nitrogen and oxygen atoms in total. The minimum atomic E-state index is -1.41. The zero-order valence-corrected chi connectivity index (χ0v) is 41.4. The minimum Gasteiger partial charge on any atom is -0.508 e. The molecule has 0 aliphatic carbocycles. The van der Waals surface area contributed by atoms with Crippen LogP contribution < -0.4 is 48.7 Å². The van der Waals surface area contributed by atoms with Gasteiger partial charge in [-0.1, -0.05) is 81.7 Å². The Morgan fingerprint density at radius 2 is 1.46 bits per heavy atom. The minimum absolute atomic E-state index is 0.00272. The molecule has 68 heavy (non-hydrogen) atoms. The van der Waals surface area contributed by atoms with Gasteiger partial charge < -0.3 is 58.7 Å². The van der Waals surface area contributed by atoms with Gasteiger partial charge in [0.2, 0.25) is 59.1 Å². The van der Waals surface area contributed by atoms with Gasteiger partial charge in [-0.25, -0.2) is 0 Å². The van der Waals surface area contributed by atoms with Crippen molar-refractivity contribution in [3.63, 3.8) is 0 Å². The number of aromatic hydroxyl groups is 1. The molecule has 2 aliphatic rings. The van der Waals surface area contributed by atoms with Gasteiger partial charge in [-0.3, -0.25) is 47.9 Å². The zero-order valence-electron chi connectivity index (χ0n) is 39.7. The Bertz CT molecular complexity index is 1960. The van der Waals surface area contributed by atoms with Crippen LogP contribution in [-0.4, -0.2) is 136 Å². The highest BCUT2D eigenvalue weighted by Gasteiger charge is 2.40. The first-order chi connectivity index (χ1) is 32.1. The lowest BCUT2D eigenvalue weighted by Gasteiger charge is -2.31. The van der Waals surface area contributed by atoms with Crippen LogP contribution in [0.4, 0.5) is 0 Å². The molecule has 2 fully saturated rings. The standard InChI is InChI=1S/C45H70N10O11S2/c1-7-26(6)38-44(65)50-29(14-15-35(46)57)40(61)51-31(20-25(4)5)41(62)53-33(23-68-67-18-16-37(59)49-32(42(63)54-38)21-27-10-12-28(56)13-11-27)45(66)55-17-8-9-34(55)43(64)52-30(19-24(2)3)39(60)48-22-36(47)58/h10-13,24-26,29-34,38,56H,7-9,14-23H2,1-6H3,(H2,46,57)(H2,47,58)(H,48,60)(H,49,59)(H,50,65)(H,51,61)(H,52,64)(H,53,62)(H,54,63)/t26-,29-,30-,31-,32-,33-,34-,38-/m0/s1. The smallest absolute Gasteiger partial charge is 0.246 e. The third-order valence-corrected chi connectivity index (χ3v) is 13.8. The summed E-state index contributed by atoms with van der Waals surface area (Å²) in [5.41, 5.74) is 11.3. The van der Waals surface area contributed by atoms with Crippen LogP contribution in [0.1, 0.15) is 98.5 Å². The number of nitrogens with zero attached hydrogens (tertiary/aromatic N) is 1. The van der Waals surface area contributed by atoms with E-state index in [4.69, 9.17) is 11.5 Å². The number of primary amides is 2. The summed E-state index contributed by atoms with van der Waals surface area (Å²) in [5.74, 6) is -7.43. The highest BCUT2D eigenvalue weighted by molar-refractivity contribution is 8.76. The lowest BCUT2D eigenvalue weighted by atomic mass is 9.96. The molecule has 1 aromatic rings. The Kier molecular flexibility index (Phi) is 23.4. The van der Waals surface area contributed by atoms with Gasteiger partial charge >= 0.3 is 0 Å². The number of carbonyl (C=O) groups excluding carboxylic acids is 10. The molecular weight excluding hydrogens is 921 g/mol. The molecule has 2 heterocycles. The van der Waals surface area contributed by atoms with Crippen LogP contribution in [0.25, 0.3) is 0 Å². The van der Waals surface area contributed by atoms with E-state index >= 15 is 0 Å². The van der Waals surface area contributed by atoms with Crippen molar-refractivity contribution in [1.29, 1.82) is 0 Å². The van der Waals surface area contributed by atoms with E-state index in [1.165, 1.54) is 38.6 Å². The van der Waals surface area contributed by atoms with E-state index in [1.54, 1.807) is 26.0 Å². The topological polar surface area (TPSA) is 330 Å². The molecule has 8 atom stereocenters. The Morgan fingerprint density at radius 1 is 0.809 bits per heavy atom. The first-order valence-corrected chi connectivity index (χ1v) is 25.6. The fraction of sp³-hybridized carbons (Fsp3) is 0.644. The van der Waals surface area contributed by atoms with Crippen molar-refractivity contribution in [3.8, 4) is 5.75 Å². The summed E-state index contributed by atoms with van der Waals surface area (Å²) in [6.45, 7) is 10.6. The van der Waals surface area contributed by atoms with E-state index in [0.29, 0.717) is 18.4 Å². The molecule has 0 saturated carbocycles. The van der Waals surface area contributed by atoms with Crippen LogP contribution >= 0.6 is 21.6 Å². The highest BCUT2D eigenvalue weighted by atomic mass is 33.1. The zero-order chi connectivity index (χ0) is 50.7. The van der Waals surface area contributed by atoms with E-state index in [9.17, 15) is 53.1 Å². The number of nitrogens with one attached hydrogen (secondary N) is 7. The lowest BCUT2D eigenvalue weighted by Crippen LogP contribution is -2.61. The molecule has 0 radical (unpaired) electrons. The van der Waals surface area contributed by atoms with Gasteiger partial charge in [0.25, 0.3) is 0 Å². The summed E-state index contributed by atoms with van der Waals surface area (Å²) in [5, 5.41) is 28.7. The second kappa shape index (κ2) is 28.0. The van der Waals surface area contributed by atoms with Crippen molar-refractivity contribution < 1.29 is 53.1 Å². The third-order valence-electron chi connectivity index (χ3n) is 11.4. The Balaban J connectivity index is 2.02. The molecule has 12 N–H and O–H groups in total. The average molecular weight is 991 g/mol. The van der Waals surface area contributed by atoms with Crippen molar-refractivity contribution in [2.24, 2.45) is 29.2 Å². The third kappa shape index (κ3) is 18.8. The molecule has 2 aliphatic heterocycles. The number of carbonyl (C=O) groups is 10. The fourth-order valence-corrected chi connectivity index (χ4v) is 9.76. The van der Waals surface area contributed by atoms with E-state index in [1.807, 2.05) is 27.7 Å². The van der Waals surface area contributed by atoms with Gasteiger partial charge in [-0.05, 0) is 67.6 Å². The summed E-state index contributed by atoms with van der Waals surface area (Å²) in [4.78, 5) is 136. The lowest BCUT2D eigenvalue weighted by molar-refractivity contribution is -0.142. The maximum absolute atomic E-state index is 14.5. The largest absolute Gasteiger partial charge is 0.508 e. The van der Waals surface area contributed by atoms with Crippen LogP contribution in [0.3, 0.4) is 0 Å². The van der Waals surface area contributed by atoms with Gasteiger partial charge in [0.15, 0.2) is 0 Å². The van der Waals surface area contributed by atoms with Gasteiger partial charge in [-0.2, -0.15) is 0 Å². The summed E-state index contributed by atoms with van der Waals surface area (Å²) >= 11 is 0. The number of rotatable bonds is 17. The van der Waals surface area contributed by atoms with Crippen LogP contribution in [0.15, 0.2) is 24.3 Å². The molecule has 3 rings (SSSR count). The number of phenolic OH excluding ortho intramolecular Hbond substituents is 1. The first-order valence-electron chi connectivity index (χ1n) is 23.1. The molecule has 23 heteroatoms. The van der Waals surface area contributed by atoms with E-state index < -0.39 is 114 Å². The summed E-state index contributed by atoms with van der Waals surface area (Å²) < 4.78 is 0. The summed E-state index contributed by atoms with van der Waals surface area (Å²) in [6.07, 6.45) is 0.739. The van der Waals surface area contributed by atoms with Crippen molar-refractivity contribution >= 4 is 80.7 Å². The first kappa shape index (κ1) is 56.7. The summed E-state index contributed by atoms with van der Waals surface area (Å²) in [7, 11) is 2.40. The Morgan fingerprint density at radius 3 is 2.07 bits per heavy atom. The van der Waals surface area contributed by atoms with Crippen molar-refractivity contribution in [2.45, 2.75) is 142 Å². The quantitative estimate of drug-likeness (QED) is 0.0892. The van der Waals surface area contributed by atoms with E-state index in [2.05, 4.69) is 37.2 Å². The van der Waals surface area contributed by atoms with Crippen LogP contribution in [-0.2, 0) is 54.4 Å². The van der Waals surface area contributed by atoms with Crippen molar-refractivity contribution in [2.75, 3.05) is 24.6 Å². The number of nitrogens with two attached hydrogens (primary N) is 2. The normalized spacial score (nSPS) is 23.5. The number of likely N-dealkylation sites (tertiary alicyclic amines) is 1. The van der Waals surface area contributed by atoms with Gasteiger partial charge in [0, 0.05) is 37.3 Å². The molecule has 0 bridgehead atoms. The molecule has 1 aromatic carbocycles. The molecular formula is C45H70N10O11S2. The SMILES string of the molecule is CC[C@H](C)[C@@H]1NC(=O)[C@H](Cc2ccc(O)cc2)NC(=O)CCSSC[C@@H](C(=O)N2CCC[C@H]2C(=O)N[C@@H](CC(C)C)C(=O)NCC(N)=O)NC(=O)[C@H](CC(C)C)NC(=O)[C@H](CCC(N)=O)NC1=O. The molecule has 0 spiro atoms. The summed E-state index contributed by atoms with van der Waals surface area (Å²) in [6, 6.07) is -2.31. The monoisotopic (exact) mass is 990 g/mol. The average Bonchev–Trinajstić information content (AvgIpc) is 3.77. The maximum Gasteiger partial charge on any atom is 0.246 e. The number of hydrogen-bond donors (Lipinski definition) is 10. The van der Waals surface area contributed by atoms with Gasteiger partial charge in [0.1, 0.15) is 48.0 Å². The molecule has 0 unspecified atom stereocenters. The molecule has 10 amide bonds. The van der Waals surface area contributed by atoms with Gasteiger partial charge in [-0.15, -0.1) is 0 Å². The van der Waals surface area contributed by atoms with Crippen molar-refractivity contribution in [1.82, 2.24) is 42.1 Å². The van der Waals surface area contributed by atoms with E-state index in [0.717, 1.165) is 0 Å². The predicted molar refractivity (Wildman–Crippen MR) is 257 cm³/mol. The fourth-order valence-electron chi connectivity index (χ4n) is 7.62. The maximum atomic E-state index is 14.5. The number of amides is 10. The highest BCUT2D eigenvalue weighted by Crippen LogP contribution is 2.26. The van der Waals surface area contributed by atoms with E-state index in [-0.39, 0.29) is 80.6 Å². The van der Waals surface area contributed by atoms with Crippen LogP contribution in [0.5, 0.6) is 5.75 Å². The Labute approximate surface area is 405 Å². The van der Waals surface area contributed by atoms with Crippen LogP contribution in [0, 0.1) is 17.8 Å². The molecule has 0 aromatic heterocycles. The number of hydrogen-bond acceptors (Lipinski definition) is 13. The van der Waals surface area contributed by atoms with Crippen LogP contribution in [0.2, 0.25) is 0 Å². The number of phenols is 1. The van der Waals surface area contributed by atoms with Crippen molar-refractivity contribution in [3.05, 3.63) is 29.8 Å². The molecule has 378 valence electrons. The second-order valence-corrected chi connectivity index (χ2v) is 20.7. The molecule has 2 saturated heterocycles. The number of benzene rings is 1. The van der Waals surface area contributed by atoms with Gasteiger partial charge in [0.05, 0.1) is 6.54 Å². The Hall–Kier alpha value is -5.58.